The van der Waals surface area contributed by atoms with Crippen LogP contribution in [-0.4, -0.2) is 24.8 Å². The topological polar surface area (TPSA) is 35.5 Å². The SMILES string of the molecule is CC(C)C(=O)OC[C@H]1C[C@H]2CCCC[C@@H]2O1. The molecular weight excluding hydrogens is 204 g/mol. The van der Waals surface area contributed by atoms with E-state index in [2.05, 4.69) is 0 Å². The molecule has 2 aliphatic rings. The fourth-order valence-corrected chi connectivity index (χ4v) is 2.71. The molecule has 0 spiro atoms. The summed E-state index contributed by atoms with van der Waals surface area (Å²) in [6.07, 6.45) is 6.78. The van der Waals surface area contributed by atoms with Crippen LogP contribution >= 0.6 is 0 Å². The number of fused-ring (bicyclic) bond motifs is 1. The maximum absolute atomic E-state index is 11.3. The summed E-state index contributed by atoms with van der Waals surface area (Å²) in [5.74, 6) is 0.568. The van der Waals surface area contributed by atoms with Gasteiger partial charge in [-0.1, -0.05) is 26.7 Å². The first-order valence-electron chi connectivity index (χ1n) is 6.49. The summed E-state index contributed by atoms with van der Waals surface area (Å²) >= 11 is 0. The molecule has 3 nitrogen and oxygen atoms in total. The maximum Gasteiger partial charge on any atom is 0.308 e. The van der Waals surface area contributed by atoms with Gasteiger partial charge in [0.15, 0.2) is 0 Å². The van der Waals surface area contributed by atoms with Crippen LogP contribution in [0.2, 0.25) is 0 Å². The van der Waals surface area contributed by atoms with Gasteiger partial charge in [0.1, 0.15) is 6.61 Å². The first kappa shape index (κ1) is 11.9. The monoisotopic (exact) mass is 226 g/mol. The molecule has 92 valence electrons. The highest BCUT2D eigenvalue weighted by Gasteiger charge is 2.36. The Hall–Kier alpha value is -0.570. The number of hydrogen-bond donors (Lipinski definition) is 0. The number of ether oxygens (including phenoxy) is 2. The van der Waals surface area contributed by atoms with Crippen molar-refractivity contribution in [3.8, 4) is 0 Å². The van der Waals surface area contributed by atoms with Gasteiger partial charge >= 0.3 is 5.97 Å². The normalized spacial score (nSPS) is 33.8. The summed E-state index contributed by atoms with van der Waals surface area (Å²) in [5.41, 5.74) is 0. The molecule has 0 unspecified atom stereocenters. The molecule has 1 heterocycles. The van der Waals surface area contributed by atoms with Crippen LogP contribution in [0, 0.1) is 11.8 Å². The number of hydrogen-bond acceptors (Lipinski definition) is 3. The summed E-state index contributed by atoms with van der Waals surface area (Å²) < 4.78 is 11.1. The van der Waals surface area contributed by atoms with Gasteiger partial charge in [0.2, 0.25) is 0 Å². The largest absolute Gasteiger partial charge is 0.463 e. The van der Waals surface area contributed by atoms with E-state index < -0.39 is 0 Å². The van der Waals surface area contributed by atoms with Crippen molar-refractivity contribution in [2.24, 2.45) is 11.8 Å². The predicted octanol–water partition coefficient (Wildman–Crippen LogP) is 2.53. The smallest absolute Gasteiger partial charge is 0.308 e. The molecule has 0 N–H and O–H groups in total. The van der Waals surface area contributed by atoms with Crippen LogP contribution in [0.15, 0.2) is 0 Å². The Morgan fingerprint density at radius 1 is 1.38 bits per heavy atom. The molecule has 3 heteroatoms. The molecule has 0 radical (unpaired) electrons. The predicted molar refractivity (Wildman–Crippen MR) is 61.0 cm³/mol. The van der Waals surface area contributed by atoms with Gasteiger partial charge in [-0.25, -0.2) is 0 Å². The van der Waals surface area contributed by atoms with Crippen LogP contribution in [0.3, 0.4) is 0 Å². The quantitative estimate of drug-likeness (QED) is 0.694. The standard InChI is InChI=1S/C13H22O3/c1-9(2)13(14)15-8-11-7-10-5-3-4-6-12(10)16-11/h9-12H,3-8H2,1-2H3/t10-,11-,12+/m1/s1. The van der Waals surface area contributed by atoms with Crippen LogP contribution in [0.1, 0.15) is 46.0 Å². The van der Waals surface area contributed by atoms with E-state index in [1.165, 1.54) is 25.7 Å². The molecule has 2 rings (SSSR count). The van der Waals surface area contributed by atoms with E-state index in [9.17, 15) is 4.79 Å². The van der Waals surface area contributed by atoms with Crippen LogP contribution < -0.4 is 0 Å². The lowest BCUT2D eigenvalue weighted by molar-refractivity contribution is -0.151. The minimum Gasteiger partial charge on any atom is -0.463 e. The molecule has 1 aliphatic carbocycles. The Morgan fingerprint density at radius 3 is 2.81 bits per heavy atom. The third-order valence-electron chi connectivity index (χ3n) is 3.66. The number of carbonyl (C=O) groups excluding carboxylic acids is 1. The fourth-order valence-electron chi connectivity index (χ4n) is 2.71. The first-order chi connectivity index (χ1) is 7.66. The van der Waals surface area contributed by atoms with Gasteiger partial charge in [0.25, 0.3) is 0 Å². The summed E-state index contributed by atoms with van der Waals surface area (Å²) in [7, 11) is 0. The van der Waals surface area contributed by atoms with Crippen molar-refractivity contribution in [1.29, 1.82) is 0 Å². The molecule has 0 aromatic carbocycles. The highest BCUT2D eigenvalue weighted by molar-refractivity contribution is 5.71. The lowest BCUT2D eigenvalue weighted by Gasteiger charge is -2.23. The number of carbonyl (C=O) groups is 1. The maximum atomic E-state index is 11.3. The fraction of sp³-hybridized carbons (Fsp3) is 0.923. The van der Waals surface area contributed by atoms with Gasteiger partial charge in [0, 0.05) is 0 Å². The second-order valence-electron chi connectivity index (χ2n) is 5.36. The van der Waals surface area contributed by atoms with Gasteiger partial charge < -0.3 is 9.47 Å². The molecule has 1 saturated heterocycles. The van der Waals surface area contributed by atoms with Gasteiger partial charge in [0.05, 0.1) is 18.1 Å². The summed E-state index contributed by atoms with van der Waals surface area (Å²) in [4.78, 5) is 11.3. The summed E-state index contributed by atoms with van der Waals surface area (Å²) in [6.45, 7) is 4.17. The third-order valence-corrected chi connectivity index (χ3v) is 3.66. The Kier molecular flexibility index (Phi) is 3.85. The molecule has 3 atom stereocenters. The summed E-state index contributed by atoms with van der Waals surface area (Å²) in [6, 6.07) is 0. The average molecular weight is 226 g/mol. The lowest BCUT2D eigenvalue weighted by atomic mass is 9.85. The molecule has 2 fully saturated rings. The van der Waals surface area contributed by atoms with Crippen LogP contribution in [0.5, 0.6) is 0 Å². The number of esters is 1. The van der Waals surface area contributed by atoms with E-state index in [1.807, 2.05) is 13.8 Å². The molecule has 1 saturated carbocycles. The van der Waals surface area contributed by atoms with Gasteiger partial charge in [-0.2, -0.15) is 0 Å². The molecule has 0 aromatic heterocycles. The molecule has 1 aliphatic heterocycles. The van der Waals surface area contributed by atoms with Gasteiger partial charge in [-0.3, -0.25) is 4.79 Å². The highest BCUT2D eigenvalue weighted by Crippen LogP contribution is 2.37. The van der Waals surface area contributed by atoms with Crippen molar-refractivity contribution in [3.63, 3.8) is 0 Å². The van der Waals surface area contributed by atoms with E-state index in [0.29, 0.717) is 12.7 Å². The van der Waals surface area contributed by atoms with Gasteiger partial charge in [-0.15, -0.1) is 0 Å². The second kappa shape index (κ2) is 5.17. The second-order valence-corrected chi connectivity index (χ2v) is 5.36. The number of rotatable bonds is 3. The van der Waals surface area contributed by atoms with Crippen molar-refractivity contribution < 1.29 is 14.3 Å². The highest BCUT2D eigenvalue weighted by atomic mass is 16.6. The van der Waals surface area contributed by atoms with Crippen molar-refractivity contribution in [1.82, 2.24) is 0 Å². The Morgan fingerprint density at radius 2 is 2.12 bits per heavy atom. The first-order valence-corrected chi connectivity index (χ1v) is 6.49. The Balaban J connectivity index is 1.74. The molecule has 0 amide bonds. The van der Waals surface area contributed by atoms with E-state index in [0.717, 1.165) is 12.3 Å². The lowest BCUT2D eigenvalue weighted by Crippen LogP contribution is -2.22. The zero-order chi connectivity index (χ0) is 11.5. The van der Waals surface area contributed by atoms with Gasteiger partial charge in [-0.05, 0) is 25.2 Å². The molecule has 0 bridgehead atoms. The minimum atomic E-state index is -0.113. The van der Waals surface area contributed by atoms with Crippen LogP contribution in [0.25, 0.3) is 0 Å². The zero-order valence-electron chi connectivity index (χ0n) is 10.3. The van der Waals surface area contributed by atoms with Crippen molar-refractivity contribution >= 4 is 5.97 Å². The molecule has 16 heavy (non-hydrogen) atoms. The van der Waals surface area contributed by atoms with Crippen LogP contribution in [0.4, 0.5) is 0 Å². The Labute approximate surface area is 97.5 Å². The third kappa shape index (κ3) is 2.76. The molecular formula is C13H22O3. The van der Waals surface area contributed by atoms with E-state index in [1.54, 1.807) is 0 Å². The summed E-state index contributed by atoms with van der Waals surface area (Å²) in [5, 5.41) is 0. The van der Waals surface area contributed by atoms with E-state index >= 15 is 0 Å². The van der Waals surface area contributed by atoms with E-state index in [-0.39, 0.29) is 18.0 Å². The molecule has 0 aromatic rings. The van der Waals surface area contributed by atoms with Crippen molar-refractivity contribution in [2.75, 3.05) is 6.61 Å². The zero-order valence-corrected chi connectivity index (χ0v) is 10.3. The van der Waals surface area contributed by atoms with Crippen molar-refractivity contribution in [3.05, 3.63) is 0 Å². The van der Waals surface area contributed by atoms with Crippen molar-refractivity contribution in [2.45, 2.75) is 58.2 Å². The Bertz CT molecular complexity index is 236. The average Bonchev–Trinajstić information content (AvgIpc) is 2.68. The van der Waals surface area contributed by atoms with E-state index in [4.69, 9.17) is 9.47 Å². The minimum absolute atomic E-state index is 0.0383. The van der Waals surface area contributed by atoms with Crippen LogP contribution in [-0.2, 0) is 14.3 Å².